The summed E-state index contributed by atoms with van der Waals surface area (Å²) in [6.07, 6.45) is 1.65. The molecule has 1 unspecified atom stereocenters. The van der Waals surface area contributed by atoms with Crippen molar-refractivity contribution < 1.29 is 23.9 Å². The van der Waals surface area contributed by atoms with Crippen LogP contribution in [0.4, 0.5) is 4.79 Å². The molecule has 0 saturated carbocycles. The summed E-state index contributed by atoms with van der Waals surface area (Å²) in [5.41, 5.74) is 0.723. The predicted octanol–water partition coefficient (Wildman–Crippen LogP) is 4.43. The second kappa shape index (κ2) is 11.8. The maximum Gasteiger partial charge on any atom is 0.293 e. The van der Waals surface area contributed by atoms with E-state index in [0.717, 1.165) is 27.1 Å². The Labute approximate surface area is 201 Å². The second-order valence-corrected chi connectivity index (χ2v) is 9.45. The average Bonchev–Trinajstić information content (AvgIpc) is 3.08. The third-order valence-electron chi connectivity index (χ3n) is 4.72. The molecule has 2 aromatic carbocycles. The lowest BCUT2D eigenvalue weighted by atomic mass is 10.2. The quantitative estimate of drug-likeness (QED) is 0.393. The van der Waals surface area contributed by atoms with E-state index in [1.165, 1.54) is 11.8 Å². The molecule has 2 aromatic rings. The van der Waals surface area contributed by atoms with Crippen LogP contribution in [0.3, 0.4) is 0 Å². The molecule has 9 heteroatoms. The molecule has 0 aliphatic carbocycles. The molecule has 7 nitrogen and oxygen atoms in total. The Hall–Kier alpha value is -2.91. The van der Waals surface area contributed by atoms with E-state index in [0.29, 0.717) is 23.0 Å². The fraction of sp³-hybridized carbons (Fsp3) is 0.292. The lowest BCUT2D eigenvalue weighted by Crippen LogP contribution is -2.39. The van der Waals surface area contributed by atoms with Gasteiger partial charge in [-0.3, -0.25) is 19.3 Å². The Morgan fingerprint density at radius 1 is 1.18 bits per heavy atom. The van der Waals surface area contributed by atoms with Crippen molar-refractivity contribution in [1.82, 2.24) is 10.2 Å². The molecule has 33 heavy (non-hydrogen) atoms. The van der Waals surface area contributed by atoms with Gasteiger partial charge in [-0.2, -0.15) is 0 Å². The van der Waals surface area contributed by atoms with E-state index < -0.39 is 0 Å². The SMILES string of the molecule is CCOc1ccc(/C=C2\SC(=O)N(CCNC(=O)C(C)Sc3ccccc3)C2=O)cc1OC. The van der Waals surface area contributed by atoms with Crippen LogP contribution in [0.2, 0.25) is 0 Å². The van der Waals surface area contributed by atoms with E-state index >= 15 is 0 Å². The molecule has 0 bridgehead atoms. The topological polar surface area (TPSA) is 84.9 Å². The molecule has 1 saturated heterocycles. The number of carbonyl (C=O) groups excluding carboxylic acids is 3. The monoisotopic (exact) mass is 486 g/mol. The number of rotatable bonds is 10. The van der Waals surface area contributed by atoms with Crippen LogP contribution in [0.15, 0.2) is 58.3 Å². The maximum absolute atomic E-state index is 12.7. The largest absolute Gasteiger partial charge is 0.493 e. The van der Waals surface area contributed by atoms with Crippen LogP contribution in [-0.2, 0) is 9.59 Å². The van der Waals surface area contributed by atoms with Crippen molar-refractivity contribution in [3.8, 4) is 11.5 Å². The first-order valence-corrected chi connectivity index (χ1v) is 12.2. The molecule has 0 radical (unpaired) electrons. The van der Waals surface area contributed by atoms with Gasteiger partial charge < -0.3 is 14.8 Å². The zero-order valence-electron chi connectivity index (χ0n) is 18.7. The van der Waals surface area contributed by atoms with Crippen LogP contribution in [0.1, 0.15) is 19.4 Å². The fourth-order valence-corrected chi connectivity index (χ4v) is 4.86. The lowest BCUT2D eigenvalue weighted by molar-refractivity contribution is -0.124. The fourth-order valence-electron chi connectivity index (χ4n) is 3.08. The number of amides is 3. The summed E-state index contributed by atoms with van der Waals surface area (Å²) in [4.78, 5) is 39.9. The van der Waals surface area contributed by atoms with Gasteiger partial charge in [0.25, 0.3) is 11.1 Å². The van der Waals surface area contributed by atoms with Crippen LogP contribution < -0.4 is 14.8 Å². The molecular formula is C24H26N2O5S2. The Balaban J connectivity index is 1.56. The van der Waals surface area contributed by atoms with Crippen molar-refractivity contribution in [2.24, 2.45) is 0 Å². The zero-order chi connectivity index (χ0) is 23.8. The number of ether oxygens (including phenoxy) is 2. The Bertz CT molecular complexity index is 1040. The number of benzene rings is 2. The summed E-state index contributed by atoms with van der Waals surface area (Å²) in [5.74, 6) is 0.641. The summed E-state index contributed by atoms with van der Waals surface area (Å²) < 4.78 is 10.8. The first-order chi connectivity index (χ1) is 15.9. The highest BCUT2D eigenvalue weighted by atomic mass is 32.2. The summed E-state index contributed by atoms with van der Waals surface area (Å²) in [6.45, 7) is 4.52. The molecule has 1 atom stereocenters. The summed E-state index contributed by atoms with van der Waals surface area (Å²) in [7, 11) is 1.54. The molecule has 174 valence electrons. The van der Waals surface area contributed by atoms with E-state index in [4.69, 9.17) is 9.47 Å². The first-order valence-electron chi connectivity index (χ1n) is 10.5. The Morgan fingerprint density at radius 2 is 1.94 bits per heavy atom. The van der Waals surface area contributed by atoms with Crippen LogP contribution in [-0.4, -0.2) is 54.0 Å². The van der Waals surface area contributed by atoms with Crippen molar-refractivity contribution in [2.75, 3.05) is 26.8 Å². The molecule has 3 amide bonds. The smallest absolute Gasteiger partial charge is 0.293 e. The number of carbonyl (C=O) groups is 3. The second-order valence-electron chi connectivity index (χ2n) is 7.04. The van der Waals surface area contributed by atoms with Crippen molar-refractivity contribution in [3.05, 3.63) is 59.0 Å². The standard InChI is InChI=1S/C24H26N2O5S2/c1-4-31-19-11-10-17(14-20(19)30-3)15-21-23(28)26(24(29)33-21)13-12-25-22(27)16(2)32-18-8-6-5-7-9-18/h5-11,14-16H,4,12-13H2,1-3H3,(H,25,27)/b21-15-. The van der Waals surface area contributed by atoms with Gasteiger partial charge in [0.1, 0.15) is 0 Å². The Kier molecular flexibility index (Phi) is 8.85. The highest BCUT2D eigenvalue weighted by molar-refractivity contribution is 8.18. The Morgan fingerprint density at radius 3 is 2.64 bits per heavy atom. The van der Waals surface area contributed by atoms with Gasteiger partial charge in [-0.05, 0) is 61.5 Å². The van der Waals surface area contributed by atoms with Gasteiger partial charge in [-0.15, -0.1) is 11.8 Å². The highest BCUT2D eigenvalue weighted by Crippen LogP contribution is 2.34. The van der Waals surface area contributed by atoms with Crippen molar-refractivity contribution in [1.29, 1.82) is 0 Å². The van der Waals surface area contributed by atoms with Gasteiger partial charge in [-0.25, -0.2) is 0 Å². The molecule has 1 N–H and O–H groups in total. The maximum atomic E-state index is 12.7. The molecule has 1 heterocycles. The molecule has 0 aromatic heterocycles. The summed E-state index contributed by atoms with van der Waals surface area (Å²) in [5, 5.41) is 2.15. The minimum Gasteiger partial charge on any atom is -0.493 e. The third kappa shape index (κ3) is 6.55. The van der Waals surface area contributed by atoms with Crippen LogP contribution in [0.5, 0.6) is 11.5 Å². The number of hydrogen-bond acceptors (Lipinski definition) is 7. The van der Waals surface area contributed by atoms with Crippen LogP contribution >= 0.6 is 23.5 Å². The zero-order valence-corrected chi connectivity index (χ0v) is 20.3. The number of imide groups is 1. The molecule has 1 fully saturated rings. The van der Waals surface area contributed by atoms with Gasteiger partial charge in [0.05, 0.1) is 23.9 Å². The van der Waals surface area contributed by atoms with Gasteiger partial charge in [0.15, 0.2) is 11.5 Å². The van der Waals surface area contributed by atoms with E-state index in [9.17, 15) is 14.4 Å². The highest BCUT2D eigenvalue weighted by Gasteiger charge is 2.34. The minimum absolute atomic E-state index is 0.114. The van der Waals surface area contributed by atoms with Crippen molar-refractivity contribution in [2.45, 2.75) is 24.0 Å². The van der Waals surface area contributed by atoms with E-state index in [2.05, 4.69) is 5.32 Å². The number of methoxy groups -OCH3 is 1. The third-order valence-corrected chi connectivity index (χ3v) is 6.74. The van der Waals surface area contributed by atoms with Crippen molar-refractivity contribution >= 4 is 46.7 Å². The normalized spacial score (nSPS) is 15.6. The number of thioether (sulfide) groups is 2. The molecule has 0 spiro atoms. The van der Waals surface area contributed by atoms with Gasteiger partial charge in [0, 0.05) is 18.0 Å². The number of nitrogens with one attached hydrogen (secondary N) is 1. The average molecular weight is 487 g/mol. The van der Waals surface area contributed by atoms with Gasteiger partial charge in [-0.1, -0.05) is 24.3 Å². The van der Waals surface area contributed by atoms with E-state index in [1.54, 1.807) is 31.4 Å². The van der Waals surface area contributed by atoms with Crippen LogP contribution in [0, 0.1) is 0 Å². The first kappa shape index (κ1) is 24.7. The number of hydrogen-bond donors (Lipinski definition) is 1. The summed E-state index contributed by atoms with van der Waals surface area (Å²) in [6, 6.07) is 15.0. The number of nitrogens with zero attached hydrogens (tertiary/aromatic N) is 1. The molecular weight excluding hydrogens is 460 g/mol. The summed E-state index contributed by atoms with van der Waals surface area (Å²) >= 11 is 2.33. The molecule has 3 rings (SSSR count). The predicted molar refractivity (Wildman–Crippen MR) is 132 cm³/mol. The van der Waals surface area contributed by atoms with Gasteiger partial charge in [0.2, 0.25) is 5.91 Å². The molecule has 1 aliphatic rings. The lowest BCUT2D eigenvalue weighted by Gasteiger charge is -2.15. The molecule has 1 aliphatic heterocycles. The van der Waals surface area contributed by atoms with E-state index in [1.807, 2.05) is 44.2 Å². The van der Waals surface area contributed by atoms with E-state index in [-0.39, 0.29) is 35.4 Å². The van der Waals surface area contributed by atoms with Crippen LogP contribution in [0.25, 0.3) is 6.08 Å². The minimum atomic E-state index is -0.376. The van der Waals surface area contributed by atoms with Crippen molar-refractivity contribution in [3.63, 3.8) is 0 Å². The van der Waals surface area contributed by atoms with Gasteiger partial charge >= 0.3 is 0 Å².